The van der Waals surface area contributed by atoms with Gasteiger partial charge in [0.05, 0.1) is 17.6 Å². The van der Waals surface area contributed by atoms with Crippen molar-refractivity contribution in [3.05, 3.63) is 30.1 Å². The normalized spacial score (nSPS) is 23.6. The highest BCUT2D eigenvalue weighted by Crippen LogP contribution is 2.24. The molecule has 3 amide bonds. The molecule has 8 heteroatoms. The summed E-state index contributed by atoms with van der Waals surface area (Å²) in [5.41, 5.74) is 0.200. The molecule has 3 rings (SSSR count). The molecule has 1 aromatic rings. The number of halogens is 1. The van der Waals surface area contributed by atoms with Gasteiger partial charge in [-0.2, -0.15) is 0 Å². The average Bonchev–Trinajstić information content (AvgIpc) is 3.15. The molecule has 7 nitrogen and oxygen atoms in total. The number of carboxylic acid groups (broad SMARTS) is 1. The summed E-state index contributed by atoms with van der Waals surface area (Å²) in [6.45, 7) is 0.737. The number of rotatable bonds is 3. The minimum atomic E-state index is -0.910. The Morgan fingerprint density at radius 2 is 2.00 bits per heavy atom. The number of carbonyl (C=O) groups excluding carboxylic acids is 2. The number of carbonyl (C=O) groups is 3. The summed E-state index contributed by atoms with van der Waals surface area (Å²) >= 11 is 0. The Labute approximate surface area is 138 Å². The lowest BCUT2D eigenvalue weighted by molar-refractivity contribution is -0.141. The van der Waals surface area contributed by atoms with Gasteiger partial charge in [0, 0.05) is 26.1 Å². The van der Waals surface area contributed by atoms with Gasteiger partial charge in [0.1, 0.15) is 5.82 Å². The molecule has 2 aliphatic heterocycles. The topological polar surface area (TPSA) is 90.0 Å². The molecule has 0 spiro atoms. The van der Waals surface area contributed by atoms with Crippen LogP contribution in [0.2, 0.25) is 0 Å². The molecular weight excluding hydrogens is 317 g/mol. The number of carboxylic acids is 1. The van der Waals surface area contributed by atoms with E-state index in [9.17, 15) is 18.8 Å². The Bertz CT molecular complexity index is 681. The van der Waals surface area contributed by atoms with E-state index in [2.05, 4.69) is 5.32 Å². The third-order valence-corrected chi connectivity index (χ3v) is 4.42. The second-order valence-corrected chi connectivity index (χ2v) is 6.08. The highest BCUT2D eigenvalue weighted by Gasteiger charge is 2.36. The van der Waals surface area contributed by atoms with Crippen molar-refractivity contribution in [1.29, 1.82) is 0 Å². The molecule has 0 aromatic heterocycles. The molecule has 0 aliphatic carbocycles. The van der Waals surface area contributed by atoms with Gasteiger partial charge >= 0.3 is 12.0 Å². The smallest absolute Gasteiger partial charge is 0.317 e. The van der Waals surface area contributed by atoms with Gasteiger partial charge in [0.15, 0.2) is 0 Å². The largest absolute Gasteiger partial charge is 0.481 e. The number of benzene rings is 1. The molecule has 2 atom stereocenters. The lowest BCUT2D eigenvalue weighted by Gasteiger charge is -2.21. The quantitative estimate of drug-likeness (QED) is 0.864. The van der Waals surface area contributed by atoms with E-state index in [0.717, 1.165) is 0 Å². The summed E-state index contributed by atoms with van der Waals surface area (Å²) in [6, 6.07) is 5.19. The molecule has 2 saturated heterocycles. The van der Waals surface area contributed by atoms with Crippen molar-refractivity contribution in [2.45, 2.75) is 18.9 Å². The lowest BCUT2D eigenvalue weighted by atomic mass is 10.1. The van der Waals surface area contributed by atoms with Crippen molar-refractivity contribution in [3.63, 3.8) is 0 Å². The van der Waals surface area contributed by atoms with Crippen LogP contribution < -0.4 is 10.2 Å². The zero-order valence-corrected chi connectivity index (χ0v) is 12.9. The van der Waals surface area contributed by atoms with Gasteiger partial charge in [-0.1, -0.05) is 12.1 Å². The van der Waals surface area contributed by atoms with Crippen molar-refractivity contribution >= 4 is 23.6 Å². The Balaban J connectivity index is 1.60. The molecule has 128 valence electrons. The Morgan fingerprint density at radius 3 is 2.67 bits per heavy atom. The van der Waals surface area contributed by atoms with Crippen LogP contribution in [0.15, 0.2) is 24.3 Å². The first-order valence-corrected chi connectivity index (χ1v) is 7.79. The van der Waals surface area contributed by atoms with Crippen LogP contribution in [0, 0.1) is 11.7 Å². The maximum absolute atomic E-state index is 13.8. The van der Waals surface area contributed by atoms with E-state index in [1.807, 2.05) is 0 Å². The highest BCUT2D eigenvalue weighted by molar-refractivity contribution is 5.97. The number of nitrogens with one attached hydrogen (secondary N) is 1. The summed E-state index contributed by atoms with van der Waals surface area (Å²) < 4.78 is 13.8. The number of anilines is 1. The molecule has 2 fully saturated rings. The molecule has 2 heterocycles. The Morgan fingerprint density at radius 1 is 1.25 bits per heavy atom. The summed E-state index contributed by atoms with van der Waals surface area (Å²) in [5, 5.41) is 11.7. The molecule has 0 radical (unpaired) electrons. The van der Waals surface area contributed by atoms with E-state index in [4.69, 9.17) is 5.11 Å². The van der Waals surface area contributed by atoms with Crippen molar-refractivity contribution < 1.29 is 23.9 Å². The van der Waals surface area contributed by atoms with Crippen molar-refractivity contribution in [1.82, 2.24) is 10.2 Å². The maximum atomic E-state index is 13.8. The second-order valence-electron chi connectivity index (χ2n) is 6.08. The molecule has 2 unspecified atom stereocenters. The number of hydrogen-bond acceptors (Lipinski definition) is 3. The fraction of sp³-hybridized carbons (Fsp3) is 0.438. The number of hydrogen-bond donors (Lipinski definition) is 2. The van der Waals surface area contributed by atoms with Gasteiger partial charge < -0.3 is 20.2 Å². The maximum Gasteiger partial charge on any atom is 0.317 e. The summed E-state index contributed by atoms with van der Waals surface area (Å²) in [6.07, 6.45) is 0.518. The first kappa shape index (κ1) is 16.2. The fourth-order valence-corrected chi connectivity index (χ4v) is 3.12. The van der Waals surface area contributed by atoms with Crippen LogP contribution in [-0.4, -0.2) is 53.6 Å². The van der Waals surface area contributed by atoms with E-state index in [1.54, 1.807) is 12.1 Å². The second kappa shape index (κ2) is 6.46. The molecule has 0 saturated carbocycles. The third kappa shape index (κ3) is 3.17. The van der Waals surface area contributed by atoms with Crippen molar-refractivity contribution in [3.8, 4) is 0 Å². The van der Waals surface area contributed by atoms with Crippen molar-refractivity contribution in [2.24, 2.45) is 5.92 Å². The van der Waals surface area contributed by atoms with Crippen LogP contribution in [0.5, 0.6) is 0 Å². The van der Waals surface area contributed by atoms with E-state index >= 15 is 0 Å². The van der Waals surface area contributed by atoms with Gasteiger partial charge in [-0.05, 0) is 18.6 Å². The number of likely N-dealkylation sites (tertiary alicyclic amines) is 1. The van der Waals surface area contributed by atoms with Crippen LogP contribution in [-0.2, 0) is 9.59 Å². The van der Waals surface area contributed by atoms with Crippen LogP contribution in [0.25, 0.3) is 0 Å². The zero-order chi connectivity index (χ0) is 17.3. The van der Waals surface area contributed by atoms with Gasteiger partial charge in [-0.3, -0.25) is 9.59 Å². The van der Waals surface area contributed by atoms with Gasteiger partial charge in [0.25, 0.3) is 0 Å². The number of aliphatic carboxylic acids is 1. The lowest BCUT2D eigenvalue weighted by Crippen LogP contribution is -2.45. The van der Waals surface area contributed by atoms with Crippen molar-refractivity contribution in [2.75, 3.05) is 24.5 Å². The third-order valence-electron chi connectivity index (χ3n) is 4.42. The first-order valence-electron chi connectivity index (χ1n) is 7.79. The monoisotopic (exact) mass is 335 g/mol. The van der Waals surface area contributed by atoms with Crippen LogP contribution in [0.3, 0.4) is 0 Å². The first-order chi connectivity index (χ1) is 11.5. The number of para-hydroxylation sites is 1. The summed E-state index contributed by atoms with van der Waals surface area (Å²) in [7, 11) is 0. The highest BCUT2D eigenvalue weighted by atomic mass is 19.1. The Hall–Kier alpha value is -2.64. The molecule has 24 heavy (non-hydrogen) atoms. The van der Waals surface area contributed by atoms with E-state index in [0.29, 0.717) is 13.0 Å². The predicted octanol–water partition coefficient (Wildman–Crippen LogP) is 1.05. The van der Waals surface area contributed by atoms with Gasteiger partial charge in [0.2, 0.25) is 5.91 Å². The SMILES string of the molecule is O=C(O)C1CCN(C(=O)NC2CC(=O)N(c3ccccc3F)C2)C1. The summed E-state index contributed by atoms with van der Waals surface area (Å²) in [5.74, 6) is -2.19. The van der Waals surface area contributed by atoms with Gasteiger partial charge in [-0.25, -0.2) is 9.18 Å². The Kier molecular flexibility index (Phi) is 4.37. The predicted molar refractivity (Wildman–Crippen MR) is 83.0 cm³/mol. The number of nitrogens with zero attached hydrogens (tertiary/aromatic N) is 2. The fourth-order valence-electron chi connectivity index (χ4n) is 3.12. The molecule has 2 N–H and O–H groups in total. The minimum absolute atomic E-state index is 0.0935. The zero-order valence-electron chi connectivity index (χ0n) is 12.9. The van der Waals surface area contributed by atoms with Gasteiger partial charge in [-0.15, -0.1) is 0 Å². The molecule has 0 bridgehead atoms. The number of urea groups is 1. The van der Waals surface area contributed by atoms with Crippen LogP contribution in [0.4, 0.5) is 14.9 Å². The van der Waals surface area contributed by atoms with Crippen LogP contribution in [0.1, 0.15) is 12.8 Å². The van der Waals surface area contributed by atoms with Crippen LogP contribution >= 0.6 is 0 Å². The summed E-state index contributed by atoms with van der Waals surface area (Å²) in [4.78, 5) is 38.0. The number of amides is 3. The van der Waals surface area contributed by atoms with E-state index in [1.165, 1.54) is 21.9 Å². The van der Waals surface area contributed by atoms with E-state index < -0.39 is 23.7 Å². The molecular formula is C16H18FN3O4. The molecule has 1 aromatic carbocycles. The standard InChI is InChI=1S/C16H18FN3O4/c17-12-3-1-2-4-13(12)20-9-11(7-14(20)21)18-16(24)19-6-5-10(8-19)15(22)23/h1-4,10-11H,5-9H2,(H,18,24)(H,22,23). The van der Waals surface area contributed by atoms with E-state index in [-0.39, 0.29) is 37.1 Å². The minimum Gasteiger partial charge on any atom is -0.481 e. The molecule has 2 aliphatic rings. The average molecular weight is 335 g/mol.